The van der Waals surface area contributed by atoms with Crippen molar-refractivity contribution < 1.29 is 19.4 Å². The normalized spacial score (nSPS) is 15.6. The van der Waals surface area contributed by atoms with Crippen molar-refractivity contribution in [3.8, 4) is 5.75 Å². The van der Waals surface area contributed by atoms with Gasteiger partial charge in [-0.2, -0.15) is 0 Å². The fourth-order valence-electron chi connectivity index (χ4n) is 3.54. The van der Waals surface area contributed by atoms with Crippen LogP contribution in [0.2, 0.25) is 0 Å². The number of carboxylic acid groups (broad SMARTS) is 1. The van der Waals surface area contributed by atoms with E-state index in [1.807, 2.05) is 55.5 Å². The zero-order valence-electron chi connectivity index (χ0n) is 15.7. The van der Waals surface area contributed by atoms with Gasteiger partial charge in [0.25, 0.3) is 0 Å². The van der Waals surface area contributed by atoms with Gasteiger partial charge in [-0.15, -0.1) is 0 Å². The van der Waals surface area contributed by atoms with Crippen LogP contribution in [-0.4, -0.2) is 30.6 Å². The second-order valence-electron chi connectivity index (χ2n) is 7.22. The van der Waals surface area contributed by atoms with Crippen LogP contribution in [0.4, 0.5) is 0 Å². The molecule has 0 heterocycles. The first kappa shape index (κ1) is 19.0. The van der Waals surface area contributed by atoms with E-state index in [0.717, 1.165) is 29.5 Å². The minimum absolute atomic E-state index is 0.110. The standard InChI is InChI=1S/C22H25NO4/c1-15-6-5-7-16(12-15)13-17(20(24)25)14-23-21(26)22(10-11-22)18-8-3-4-9-19(18)27-2/h3-9,12,17H,10-11,13-14H2,1-2H3,(H,23,26)(H,24,25). The minimum Gasteiger partial charge on any atom is -0.496 e. The number of para-hydroxylation sites is 1. The number of aliphatic carboxylic acids is 1. The van der Waals surface area contributed by atoms with Crippen LogP contribution in [0.5, 0.6) is 5.75 Å². The maximum absolute atomic E-state index is 12.9. The van der Waals surface area contributed by atoms with Crippen LogP contribution in [0.15, 0.2) is 48.5 Å². The van der Waals surface area contributed by atoms with Crippen LogP contribution in [0, 0.1) is 12.8 Å². The highest BCUT2D eigenvalue weighted by Crippen LogP contribution is 2.51. The average molecular weight is 367 g/mol. The van der Waals surface area contributed by atoms with E-state index in [-0.39, 0.29) is 12.5 Å². The molecule has 0 aromatic heterocycles. The van der Waals surface area contributed by atoms with Crippen LogP contribution < -0.4 is 10.1 Å². The van der Waals surface area contributed by atoms with Gasteiger partial charge in [-0.25, -0.2) is 0 Å². The van der Waals surface area contributed by atoms with E-state index in [4.69, 9.17) is 4.74 Å². The molecule has 3 rings (SSSR count). The van der Waals surface area contributed by atoms with Crippen LogP contribution in [0.25, 0.3) is 0 Å². The molecule has 1 saturated carbocycles. The summed E-state index contributed by atoms with van der Waals surface area (Å²) in [6, 6.07) is 15.3. The van der Waals surface area contributed by atoms with E-state index in [1.54, 1.807) is 7.11 Å². The van der Waals surface area contributed by atoms with Crippen molar-refractivity contribution in [1.82, 2.24) is 5.32 Å². The molecule has 5 heteroatoms. The molecule has 0 aliphatic heterocycles. The molecular formula is C22H25NO4. The van der Waals surface area contributed by atoms with Gasteiger partial charge in [-0.3, -0.25) is 9.59 Å². The summed E-state index contributed by atoms with van der Waals surface area (Å²) in [5.74, 6) is -0.995. The number of methoxy groups -OCH3 is 1. The molecule has 2 aromatic carbocycles. The van der Waals surface area contributed by atoms with Crippen molar-refractivity contribution in [2.24, 2.45) is 5.92 Å². The highest BCUT2D eigenvalue weighted by molar-refractivity contribution is 5.92. The SMILES string of the molecule is COc1ccccc1C1(C(=O)NCC(Cc2cccc(C)c2)C(=O)O)CC1. The molecule has 1 aliphatic carbocycles. The van der Waals surface area contributed by atoms with Crippen molar-refractivity contribution >= 4 is 11.9 Å². The largest absolute Gasteiger partial charge is 0.496 e. The first-order valence-corrected chi connectivity index (χ1v) is 9.16. The Morgan fingerprint density at radius 3 is 2.56 bits per heavy atom. The molecule has 1 fully saturated rings. The Morgan fingerprint density at radius 1 is 1.19 bits per heavy atom. The Labute approximate surface area is 159 Å². The zero-order valence-corrected chi connectivity index (χ0v) is 15.7. The Balaban J connectivity index is 1.68. The first-order chi connectivity index (χ1) is 13.0. The molecule has 1 unspecified atom stereocenters. The molecule has 5 nitrogen and oxygen atoms in total. The highest BCUT2D eigenvalue weighted by Gasteiger charge is 2.52. The smallest absolute Gasteiger partial charge is 0.308 e. The second kappa shape index (κ2) is 7.82. The summed E-state index contributed by atoms with van der Waals surface area (Å²) in [4.78, 5) is 24.5. The van der Waals surface area contributed by atoms with E-state index in [0.29, 0.717) is 12.2 Å². The Morgan fingerprint density at radius 2 is 1.93 bits per heavy atom. The van der Waals surface area contributed by atoms with Gasteiger partial charge in [-0.05, 0) is 37.8 Å². The van der Waals surface area contributed by atoms with Crippen molar-refractivity contribution in [2.45, 2.75) is 31.6 Å². The van der Waals surface area contributed by atoms with Crippen molar-refractivity contribution in [1.29, 1.82) is 0 Å². The number of nitrogens with one attached hydrogen (secondary N) is 1. The second-order valence-corrected chi connectivity index (χ2v) is 7.22. The number of ether oxygens (including phenoxy) is 1. The molecule has 0 bridgehead atoms. The topological polar surface area (TPSA) is 75.6 Å². The Kier molecular flexibility index (Phi) is 5.49. The third-order valence-corrected chi connectivity index (χ3v) is 5.23. The first-order valence-electron chi connectivity index (χ1n) is 9.16. The van der Waals surface area contributed by atoms with Crippen LogP contribution in [0.3, 0.4) is 0 Å². The van der Waals surface area contributed by atoms with Crippen molar-refractivity contribution in [3.05, 3.63) is 65.2 Å². The molecule has 27 heavy (non-hydrogen) atoms. The van der Waals surface area contributed by atoms with Gasteiger partial charge in [0.1, 0.15) is 5.75 Å². The molecule has 1 aliphatic rings. The maximum atomic E-state index is 12.9. The third-order valence-electron chi connectivity index (χ3n) is 5.23. The number of hydrogen-bond acceptors (Lipinski definition) is 3. The number of amides is 1. The molecule has 1 atom stereocenters. The molecule has 2 aromatic rings. The lowest BCUT2D eigenvalue weighted by molar-refractivity contribution is -0.141. The third kappa shape index (κ3) is 4.13. The lowest BCUT2D eigenvalue weighted by atomic mass is 9.93. The van der Waals surface area contributed by atoms with E-state index in [9.17, 15) is 14.7 Å². The van der Waals surface area contributed by atoms with Gasteiger partial charge in [0.2, 0.25) is 5.91 Å². The van der Waals surface area contributed by atoms with Gasteiger partial charge in [0.05, 0.1) is 18.4 Å². The van der Waals surface area contributed by atoms with E-state index in [2.05, 4.69) is 5.32 Å². The number of rotatable bonds is 8. The van der Waals surface area contributed by atoms with E-state index in [1.165, 1.54) is 0 Å². The maximum Gasteiger partial charge on any atom is 0.308 e. The number of carbonyl (C=O) groups excluding carboxylic acids is 1. The predicted octanol–water partition coefficient (Wildman–Crippen LogP) is 3.09. The summed E-state index contributed by atoms with van der Waals surface area (Å²) in [6.07, 6.45) is 1.88. The number of benzene rings is 2. The lowest BCUT2D eigenvalue weighted by Crippen LogP contribution is -2.40. The van der Waals surface area contributed by atoms with Gasteiger partial charge >= 0.3 is 5.97 Å². The molecular weight excluding hydrogens is 342 g/mol. The molecule has 1 amide bonds. The summed E-state index contributed by atoms with van der Waals surface area (Å²) < 4.78 is 5.40. The summed E-state index contributed by atoms with van der Waals surface area (Å²) in [7, 11) is 1.59. The zero-order chi connectivity index (χ0) is 19.4. The van der Waals surface area contributed by atoms with Crippen LogP contribution in [-0.2, 0) is 21.4 Å². The van der Waals surface area contributed by atoms with E-state index < -0.39 is 17.3 Å². The molecule has 142 valence electrons. The summed E-state index contributed by atoms with van der Waals surface area (Å²) in [5, 5.41) is 12.4. The van der Waals surface area contributed by atoms with Crippen LogP contribution >= 0.6 is 0 Å². The summed E-state index contributed by atoms with van der Waals surface area (Å²) >= 11 is 0. The average Bonchev–Trinajstić information content (AvgIpc) is 3.46. The number of aryl methyl sites for hydroxylation is 1. The number of hydrogen-bond donors (Lipinski definition) is 2. The number of carbonyl (C=O) groups is 2. The van der Waals surface area contributed by atoms with Crippen molar-refractivity contribution in [2.75, 3.05) is 13.7 Å². The fourth-order valence-corrected chi connectivity index (χ4v) is 3.54. The van der Waals surface area contributed by atoms with Gasteiger partial charge in [-0.1, -0.05) is 48.0 Å². The number of carboxylic acids is 1. The highest BCUT2D eigenvalue weighted by atomic mass is 16.5. The van der Waals surface area contributed by atoms with Gasteiger partial charge < -0.3 is 15.2 Å². The molecule has 0 saturated heterocycles. The molecule has 0 radical (unpaired) electrons. The quantitative estimate of drug-likeness (QED) is 0.752. The molecule has 0 spiro atoms. The van der Waals surface area contributed by atoms with Crippen molar-refractivity contribution in [3.63, 3.8) is 0 Å². The van der Waals surface area contributed by atoms with Gasteiger partial charge in [0, 0.05) is 12.1 Å². The minimum atomic E-state index is -0.904. The van der Waals surface area contributed by atoms with Crippen LogP contribution in [0.1, 0.15) is 29.5 Å². The lowest BCUT2D eigenvalue weighted by Gasteiger charge is -2.20. The predicted molar refractivity (Wildman–Crippen MR) is 103 cm³/mol. The van der Waals surface area contributed by atoms with E-state index >= 15 is 0 Å². The van der Waals surface area contributed by atoms with Gasteiger partial charge in [0.15, 0.2) is 0 Å². The molecule has 2 N–H and O–H groups in total. The monoisotopic (exact) mass is 367 g/mol. The fraction of sp³-hybridized carbons (Fsp3) is 0.364. The summed E-state index contributed by atoms with van der Waals surface area (Å²) in [5.41, 5.74) is 2.32. The Bertz CT molecular complexity index is 842. The summed E-state index contributed by atoms with van der Waals surface area (Å²) in [6.45, 7) is 2.09. The Hall–Kier alpha value is -2.82.